The molecule has 0 aliphatic carbocycles. The second kappa shape index (κ2) is 7.87. The van der Waals surface area contributed by atoms with E-state index < -0.39 is 12.0 Å². The molecule has 2 rings (SSSR count). The zero-order chi connectivity index (χ0) is 16.8. The summed E-state index contributed by atoms with van der Waals surface area (Å²) in [4.78, 5) is 36.6. The average Bonchev–Trinajstić information content (AvgIpc) is 2.88. The molecule has 1 aliphatic heterocycles. The van der Waals surface area contributed by atoms with Crippen LogP contribution in [0.4, 0.5) is 0 Å². The lowest BCUT2D eigenvalue weighted by Gasteiger charge is -2.13. The lowest BCUT2D eigenvalue weighted by molar-refractivity contribution is -0.141. The number of ketones is 1. The first-order valence-electron chi connectivity index (χ1n) is 7.78. The Balaban J connectivity index is 1.70. The summed E-state index contributed by atoms with van der Waals surface area (Å²) >= 11 is 0. The first kappa shape index (κ1) is 17.1. The number of hydrogen-bond donors (Lipinski definition) is 2. The molecule has 6 nitrogen and oxygen atoms in total. The summed E-state index contributed by atoms with van der Waals surface area (Å²) in [6.45, 7) is 0.533. The lowest BCUT2D eigenvalue weighted by Crippen LogP contribution is -2.36. The highest BCUT2D eigenvalue weighted by molar-refractivity contribution is 5.96. The average molecular weight is 318 g/mol. The number of benzene rings is 1. The van der Waals surface area contributed by atoms with Gasteiger partial charge in [0.1, 0.15) is 6.04 Å². The number of nitrogens with zero attached hydrogens (tertiary/aromatic N) is 1. The number of aliphatic carboxylic acids is 1. The number of likely N-dealkylation sites (N-methyl/N-ethyl adjacent to an activating group) is 1. The maximum atomic E-state index is 11.9. The van der Waals surface area contributed by atoms with Crippen molar-refractivity contribution in [2.75, 3.05) is 13.6 Å². The molecule has 0 bridgehead atoms. The Labute approximate surface area is 135 Å². The van der Waals surface area contributed by atoms with Crippen LogP contribution in [0.1, 0.15) is 36.0 Å². The molecule has 0 unspecified atom stereocenters. The van der Waals surface area contributed by atoms with Gasteiger partial charge in [-0.05, 0) is 19.9 Å². The number of carboxylic acid groups (broad SMARTS) is 1. The number of Topliss-reactive ketones (excluding diaryl/α,β-unsaturated/α-hetero) is 1. The third-order valence-corrected chi connectivity index (χ3v) is 4.10. The minimum atomic E-state index is -0.863. The first-order chi connectivity index (χ1) is 11.0. The van der Waals surface area contributed by atoms with E-state index in [9.17, 15) is 14.4 Å². The van der Waals surface area contributed by atoms with E-state index in [1.165, 1.54) is 0 Å². The molecule has 1 aromatic carbocycles. The van der Waals surface area contributed by atoms with Crippen molar-refractivity contribution < 1.29 is 19.5 Å². The van der Waals surface area contributed by atoms with Gasteiger partial charge in [-0.1, -0.05) is 30.3 Å². The number of likely N-dealkylation sites (tertiary alicyclic amines) is 1. The van der Waals surface area contributed by atoms with Gasteiger partial charge in [0, 0.05) is 31.0 Å². The van der Waals surface area contributed by atoms with E-state index in [1.807, 2.05) is 18.2 Å². The summed E-state index contributed by atoms with van der Waals surface area (Å²) in [7, 11) is 1.74. The molecule has 23 heavy (non-hydrogen) atoms. The topological polar surface area (TPSA) is 86.7 Å². The number of carbonyl (C=O) groups is 3. The lowest BCUT2D eigenvalue weighted by atomic mass is 10.1. The van der Waals surface area contributed by atoms with Crippen LogP contribution in [0.2, 0.25) is 0 Å². The molecule has 1 fully saturated rings. The third-order valence-electron chi connectivity index (χ3n) is 4.10. The second-order valence-electron chi connectivity index (χ2n) is 5.94. The molecule has 1 amide bonds. The van der Waals surface area contributed by atoms with Gasteiger partial charge < -0.3 is 10.4 Å². The zero-order valence-electron chi connectivity index (χ0n) is 13.2. The van der Waals surface area contributed by atoms with E-state index in [0.717, 1.165) is 0 Å². The Kier molecular flexibility index (Phi) is 5.87. The predicted octanol–water partition coefficient (Wildman–Crippen LogP) is 1.31. The molecular weight excluding hydrogens is 296 g/mol. The molecule has 1 aromatic rings. The zero-order valence-corrected chi connectivity index (χ0v) is 13.2. The van der Waals surface area contributed by atoms with Crippen molar-refractivity contribution in [3.63, 3.8) is 0 Å². The highest BCUT2D eigenvalue weighted by atomic mass is 16.4. The standard InChI is InChI=1S/C17H22N2O4/c1-19-11-13(10-14(19)17(22)23)18-16(21)9-5-8-15(20)12-6-3-2-4-7-12/h2-4,6-7,13-14H,5,8-11H2,1H3,(H,18,21)(H,22,23)/t13-,14-/m0/s1. The summed E-state index contributed by atoms with van der Waals surface area (Å²) in [5.74, 6) is -0.960. The van der Waals surface area contributed by atoms with Crippen LogP contribution in [-0.4, -0.2) is 53.3 Å². The third kappa shape index (κ3) is 4.89. The summed E-state index contributed by atoms with van der Waals surface area (Å²) in [6, 6.07) is 8.34. The Morgan fingerprint density at radius 1 is 1.22 bits per heavy atom. The fourth-order valence-corrected chi connectivity index (χ4v) is 2.87. The second-order valence-corrected chi connectivity index (χ2v) is 5.94. The van der Waals surface area contributed by atoms with Crippen molar-refractivity contribution in [3.05, 3.63) is 35.9 Å². The number of carboxylic acids is 1. The van der Waals surface area contributed by atoms with Gasteiger partial charge in [-0.15, -0.1) is 0 Å². The molecule has 1 saturated heterocycles. The maximum absolute atomic E-state index is 11.9. The van der Waals surface area contributed by atoms with Crippen molar-refractivity contribution in [2.24, 2.45) is 0 Å². The van der Waals surface area contributed by atoms with E-state index in [2.05, 4.69) is 5.32 Å². The quantitative estimate of drug-likeness (QED) is 0.740. The number of rotatable bonds is 7. The van der Waals surface area contributed by atoms with Crippen molar-refractivity contribution in [3.8, 4) is 0 Å². The Bertz CT molecular complexity index is 573. The normalized spacial score (nSPS) is 21.1. The van der Waals surface area contributed by atoms with Crippen LogP contribution < -0.4 is 5.32 Å². The molecule has 0 radical (unpaired) electrons. The minimum Gasteiger partial charge on any atom is -0.480 e. The Hall–Kier alpha value is -2.21. The van der Waals surface area contributed by atoms with Gasteiger partial charge in [0.2, 0.25) is 5.91 Å². The van der Waals surface area contributed by atoms with Gasteiger partial charge in [-0.3, -0.25) is 19.3 Å². The molecule has 2 atom stereocenters. The summed E-state index contributed by atoms with van der Waals surface area (Å²) in [6.07, 6.45) is 1.52. The smallest absolute Gasteiger partial charge is 0.320 e. The van der Waals surface area contributed by atoms with Gasteiger partial charge in [0.15, 0.2) is 5.78 Å². The fourth-order valence-electron chi connectivity index (χ4n) is 2.87. The van der Waals surface area contributed by atoms with Crippen LogP contribution in [-0.2, 0) is 9.59 Å². The van der Waals surface area contributed by atoms with Crippen molar-refractivity contribution >= 4 is 17.7 Å². The molecular formula is C17H22N2O4. The van der Waals surface area contributed by atoms with E-state index in [1.54, 1.807) is 24.1 Å². The number of nitrogens with one attached hydrogen (secondary N) is 1. The van der Waals surface area contributed by atoms with Gasteiger partial charge in [0.05, 0.1) is 0 Å². The van der Waals surface area contributed by atoms with Gasteiger partial charge in [-0.25, -0.2) is 0 Å². The van der Waals surface area contributed by atoms with E-state index in [4.69, 9.17) is 5.11 Å². The largest absolute Gasteiger partial charge is 0.480 e. The van der Waals surface area contributed by atoms with E-state index >= 15 is 0 Å². The van der Waals surface area contributed by atoms with Crippen molar-refractivity contribution in [1.29, 1.82) is 0 Å². The van der Waals surface area contributed by atoms with Crippen LogP contribution in [0.3, 0.4) is 0 Å². The number of hydrogen-bond acceptors (Lipinski definition) is 4. The van der Waals surface area contributed by atoms with Crippen LogP contribution in [0.5, 0.6) is 0 Å². The van der Waals surface area contributed by atoms with E-state index in [-0.39, 0.29) is 24.2 Å². The molecule has 124 valence electrons. The molecule has 6 heteroatoms. The van der Waals surface area contributed by atoms with Crippen molar-refractivity contribution in [2.45, 2.75) is 37.8 Å². The molecule has 1 aliphatic rings. The highest BCUT2D eigenvalue weighted by Gasteiger charge is 2.34. The van der Waals surface area contributed by atoms with Crippen LogP contribution in [0.15, 0.2) is 30.3 Å². The van der Waals surface area contributed by atoms with Gasteiger partial charge >= 0.3 is 5.97 Å². The fraction of sp³-hybridized carbons (Fsp3) is 0.471. The first-order valence-corrected chi connectivity index (χ1v) is 7.78. The molecule has 0 spiro atoms. The Morgan fingerprint density at radius 2 is 1.91 bits per heavy atom. The molecule has 2 N–H and O–H groups in total. The maximum Gasteiger partial charge on any atom is 0.320 e. The number of carbonyl (C=O) groups excluding carboxylic acids is 2. The van der Waals surface area contributed by atoms with E-state index in [0.29, 0.717) is 31.4 Å². The van der Waals surface area contributed by atoms with Crippen molar-refractivity contribution in [1.82, 2.24) is 10.2 Å². The summed E-state index contributed by atoms with van der Waals surface area (Å²) < 4.78 is 0. The molecule has 0 aromatic heterocycles. The minimum absolute atomic E-state index is 0.0324. The number of amides is 1. The summed E-state index contributed by atoms with van der Waals surface area (Å²) in [5, 5.41) is 11.9. The van der Waals surface area contributed by atoms with Gasteiger partial charge in [-0.2, -0.15) is 0 Å². The van der Waals surface area contributed by atoms with Crippen LogP contribution >= 0.6 is 0 Å². The highest BCUT2D eigenvalue weighted by Crippen LogP contribution is 2.16. The Morgan fingerprint density at radius 3 is 2.52 bits per heavy atom. The predicted molar refractivity (Wildman–Crippen MR) is 85.2 cm³/mol. The summed E-state index contributed by atoms with van der Waals surface area (Å²) in [5.41, 5.74) is 0.662. The molecule has 1 heterocycles. The monoisotopic (exact) mass is 318 g/mol. The van der Waals surface area contributed by atoms with Gasteiger partial charge in [0.25, 0.3) is 0 Å². The van der Waals surface area contributed by atoms with Crippen LogP contribution in [0, 0.1) is 0 Å². The van der Waals surface area contributed by atoms with Crippen LogP contribution in [0.25, 0.3) is 0 Å². The SMILES string of the molecule is CN1C[C@@H](NC(=O)CCCC(=O)c2ccccc2)C[C@H]1C(=O)O. The molecule has 0 saturated carbocycles.